The third-order valence-electron chi connectivity index (χ3n) is 2.63. The van der Waals surface area contributed by atoms with Crippen molar-refractivity contribution in [2.24, 2.45) is 0 Å². The molecule has 1 aromatic heterocycles. The number of aliphatic hydroxyl groups excluding tert-OH is 2. The minimum atomic E-state index is -0.905. The number of nitrogens with zero attached hydrogens (tertiary/aromatic N) is 2. The van der Waals surface area contributed by atoms with E-state index in [9.17, 15) is 14.3 Å². The lowest BCUT2D eigenvalue weighted by Gasteiger charge is -2.14. The fraction of sp³-hybridized carbons (Fsp3) is 0.556. The molecule has 3 atom stereocenters. The zero-order valence-electron chi connectivity index (χ0n) is 8.78. The van der Waals surface area contributed by atoms with Gasteiger partial charge >= 0.3 is 5.69 Å². The first-order valence-electron chi connectivity index (χ1n) is 5.01. The minimum Gasteiger partial charge on any atom is -0.394 e. The molecule has 1 aliphatic heterocycles. The lowest BCUT2D eigenvalue weighted by molar-refractivity contribution is -0.0461. The average molecular weight is 245 g/mol. The normalized spacial score (nSPS) is 28.5. The van der Waals surface area contributed by atoms with E-state index in [1.54, 1.807) is 0 Å². The molecule has 4 N–H and O–H groups in total. The molecule has 2 heterocycles. The number of anilines is 1. The number of hydrogen-bond donors (Lipinski definition) is 3. The first kappa shape index (κ1) is 12.0. The van der Waals surface area contributed by atoms with Crippen molar-refractivity contribution in [2.45, 2.75) is 24.9 Å². The maximum atomic E-state index is 13.2. The molecule has 2 unspecified atom stereocenters. The zero-order chi connectivity index (χ0) is 12.6. The highest BCUT2D eigenvalue weighted by Crippen LogP contribution is 2.27. The highest BCUT2D eigenvalue weighted by atomic mass is 19.1. The van der Waals surface area contributed by atoms with Gasteiger partial charge in [-0.1, -0.05) is 0 Å². The molecule has 94 valence electrons. The van der Waals surface area contributed by atoms with Crippen molar-refractivity contribution in [2.75, 3.05) is 12.3 Å². The molecule has 8 heteroatoms. The number of aromatic nitrogens is 2. The van der Waals surface area contributed by atoms with Gasteiger partial charge in [0, 0.05) is 6.42 Å². The summed E-state index contributed by atoms with van der Waals surface area (Å²) in [5.41, 5.74) is 4.38. The molecular formula is C9H12FN3O4. The number of hydrogen-bond acceptors (Lipinski definition) is 6. The van der Waals surface area contributed by atoms with E-state index in [-0.39, 0.29) is 13.0 Å². The predicted molar refractivity (Wildman–Crippen MR) is 54.5 cm³/mol. The molecule has 0 saturated carbocycles. The summed E-state index contributed by atoms with van der Waals surface area (Å²) in [7, 11) is 0. The lowest BCUT2D eigenvalue weighted by atomic mass is 10.2. The SMILES string of the molecule is Nc1nc(=O)n([C@@H]2CC(O)C(CO)O2)cc1F. The maximum Gasteiger partial charge on any atom is 0.351 e. The number of rotatable bonds is 2. The molecule has 0 radical (unpaired) electrons. The van der Waals surface area contributed by atoms with Crippen LogP contribution in [0.15, 0.2) is 11.0 Å². The first-order chi connectivity index (χ1) is 8.02. The minimum absolute atomic E-state index is 0.0795. The third kappa shape index (κ3) is 2.14. The molecule has 1 fully saturated rings. The van der Waals surface area contributed by atoms with Crippen LogP contribution in [0.4, 0.5) is 10.2 Å². The van der Waals surface area contributed by atoms with Crippen molar-refractivity contribution < 1.29 is 19.3 Å². The Morgan fingerprint density at radius 1 is 1.71 bits per heavy atom. The number of nitrogens with two attached hydrogens (primary N) is 1. The van der Waals surface area contributed by atoms with Crippen molar-refractivity contribution in [3.63, 3.8) is 0 Å². The molecule has 0 aromatic carbocycles. The van der Waals surface area contributed by atoms with E-state index in [0.717, 1.165) is 10.8 Å². The molecule has 0 amide bonds. The van der Waals surface area contributed by atoms with Crippen molar-refractivity contribution in [3.05, 3.63) is 22.5 Å². The van der Waals surface area contributed by atoms with Crippen LogP contribution in [0.25, 0.3) is 0 Å². The fourth-order valence-corrected chi connectivity index (χ4v) is 1.71. The van der Waals surface area contributed by atoms with Crippen LogP contribution in [0.5, 0.6) is 0 Å². The number of halogens is 1. The maximum absolute atomic E-state index is 13.2. The van der Waals surface area contributed by atoms with Crippen LogP contribution in [0.1, 0.15) is 12.6 Å². The van der Waals surface area contributed by atoms with E-state index in [1.807, 2.05) is 0 Å². The molecule has 7 nitrogen and oxygen atoms in total. The van der Waals surface area contributed by atoms with Crippen LogP contribution in [-0.2, 0) is 4.74 Å². The molecule has 0 bridgehead atoms. The second kappa shape index (κ2) is 4.40. The Morgan fingerprint density at radius 2 is 2.41 bits per heavy atom. The summed E-state index contributed by atoms with van der Waals surface area (Å²) in [5, 5.41) is 18.4. The molecular weight excluding hydrogens is 233 g/mol. The van der Waals surface area contributed by atoms with E-state index in [4.69, 9.17) is 15.6 Å². The Labute approximate surface area is 95.3 Å². The van der Waals surface area contributed by atoms with Crippen molar-refractivity contribution in [1.29, 1.82) is 0 Å². The Kier molecular flexibility index (Phi) is 3.09. The standard InChI is InChI=1S/C9H12FN3O4/c10-4-2-13(9(16)12-8(4)11)7-1-5(15)6(3-14)17-7/h2,5-7,14-15H,1,3H2,(H2,11,12,16)/t5?,6?,7-/m0/s1. The van der Waals surface area contributed by atoms with Gasteiger partial charge < -0.3 is 20.7 Å². The fourth-order valence-electron chi connectivity index (χ4n) is 1.71. The zero-order valence-corrected chi connectivity index (χ0v) is 8.78. The quantitative estimate of drug-likeness (QED) is 0.591. The third-order valence-corrected chi connectivity index (χ3v) is 2.63. The summed E-state index contributed by atoms with van der Waals surface area (Å²) >= 11 is 0. The van der Waals surface area contributed by atoms with E-state index in [0.29, 0.717) is 0 Å². The van der Waals surface area contributed by atoms with E-state index in [1.165, 1.54) is 0 Å². The summed E-state index contributed by atoms with van der Waals surface area (Å²) in [6.07, 6.45) is -1.58. The largest absolute Gasteiger partial charge is 0.394 e. The van der Waals surface area contributed by atoms with Gasteiger partial charge in [-0.25, -0.2) is 9.18 Å². The molecule has 0 spiro atoms. The second-order valence-corrected chi connectivity index (χ2v) is 3.78. The van der Waals surface area contributed by atoms with E-state index in [2.05, 4.69) is 4.98 Å². The molecule has 1 saturated heterocycles. The predicted octanol–water partition coefficient (Wildman–Crippen LogP) is -1.39. The number of ether oxygens (including phenoxy) is 1. The van der Waals surface area contributed by atoms with Crippen molar-refractivity contribution in [3.8, 4) is 0 Å². The number of aliphatic hydroxyl groups is 2. The van der Waals surface area contributed by atoms with Gasteiger partial charge in [0.25, 0.3) is 0 Å². The number of nitrogen functional groups attached to an aromatic ring is 1. The Balaban J connectivity index is 2.30. The van der Waals surface area contributed by atoms with Crippen LogP contribution >= 0.6 is 0 Å². The van der Waals surface area contributed by atoms with E-state index >= 15 is 0 Å². The van der Waals surface area contributed by atoms with Gasteiger partial charge in [-0.3, -0.25) is 4.57 Å². The van der Waals surface area contributed by atoms with Gasteiger partial charge in [-0.15, -0.1) is 0 Å². The summed E-state index contributed by atoms with van der Waals surface area (Å²) in [6.45, 7) is -0.378. The van der Waals surface area contributed by atoms with Crippen LogP contribution in [0, 0.1) is 5.82 Å². The molecule has 1 aromatic rings. The Morgan fingerprint density at radius 3 is 3.00 bits per heavy atom. The van der Waals surface area contributed by atoms with Gasteiger partial charge in [-0.05, 0) is 0 Å². The van der Waals surface area contributed by atoms with Crippen LogP contribution < -0.4 is 11.4 Å². The summed E-state index contributed by atoms with van der Waals surface area (Å²) in [5.74, 6) is -1.32. The monoisotopic (exact) mass is 245 g/mol. The first-order valence-corrected chi connectivity index (χ1v) is 5.01. The Hall–Kier alpha value is -1.51. The van der Waals surface area contributed by atoms with Crippen molar-refractivity contribution >= 4 is 5.82 Å². The summed E-state index contributed by atoms with van der Waals surface area (Å²) < 4.78 is 19.3. The topological polar surface area (TPSA) is 111 Å². The van der Waals surface area contributed by atoms with Gasteiger partial charge in [-0.2, -0.15) is 4.98 Å². The smallest absolute Gasteiger partial charge is 0.351 e. The van der Waals surface area contributed by atoms with E-state index < -0.39 is 35.8 Å². The molecule has 17 heavy (non-hydrogen) atoms. The average Bonchev–Trinajstić information content (AvgIpc) is 2.65. The summed E-state index contributed by atoms with van der Waals surface area (Å²) in [6, 6.07) is 0. The van der Waals surface area contributed by atoms with Crippen LogP contribution in [0.2, 0.25) is 0 Å². The second-order valence-electron chi connectivity index (χ2n) is 3.78. The van der Waals surface area contributed by atoms with Crippen molar-refractivity contribution in [1.82, 2.24) is 9.55 Å². The lowest BCUT2D eigenvalue weighted by Crippen LogP contribution is -2.29. The van der Waals surface area contributed by atoms with Crippen LogP contribution in [-0.4, -0.2) is 38.6 Å². The summed E-state index contributed by atoms with van der Waals surface area (Å²) in [4.78, 5) is 14.7. The molecule has 0 aliphatic carbocycles. The highest BCUT2D eigenvalue weighted by Gasteiger charge is 2.35. The van der Waals surface area contributed by atoms with Crippen LogP contribution in [0.3, 0.4) is 0 Å². The highest BCUT2D eigenvalue weighted by molar-refractivity contribution is 5.26. The molecule has 2 rings (SSSR count). The van der Waals surface area contributed by atoms with Gasteiger partial charge in [0.1, 0.15) is 12.3 Å². The Bertz CT molecular complexity index is 478. The van der Waals surface area contributed by atoms with Gasteiger partial charge in [0.05, 0.1) is 18.9 Å². The van der Waals surface area contributed by atoms with Gasteiger partial charge in [0.2, 0.25) is 0 Å². The van der Waals surface area contributed by atoms with Gasteiger partial charge in [0.15, 0.2) is 11.6 Å². The molecule has 1 aliphatic rings.